The van der Waals surface area contributed by atoms with Gasteiger partial charge in [-0.05, 0) is 92.0 Å². The maximum Gasteiger partial charge on any atom is 0.419 e. The quantitative estimate of drug-likeness (QED) is 0.307. The van der Waals surface area contributed by atoms with E-state index in [9.17, 15) is 13.2 Å². The van der Waals surface area contributed by atoms with E-state index in [0.29, 0.717) is 30.3 Å². The van der Waals surface area contributed by atoms with E-state index >= 15 is 4.39 Å². The van der Waals surface area contributed by atoms with Crippen molar-refractivity contribution in [3.8, 4) is 16.9 Å². The highest BCUT2D eigenvalue weighted by Crippen LogP contribution is 2.42. The molecular formula is C31H40F4O2. The Kier molecular flexibility index (Phi) is 9.55. The SMILES string of the molecule is CCCC1CCC(C2CCC(CCc3ccc(-c4ccc(OCC)cc4)c(C(F)(F)F)c3F)OC2)CC1. The van der Waals surface area contributed by atoms with Crippen LogP contribution in [0.1, 0.15) is 82.8 Å². The lowest BCUT2D eigenvalue weighted by Gasteiger charge is -2.38. The average Bonchev–Trinajstić information content (AvgIpc) is 2.89. The first kappa shape index (κ1) is 27.9. The summed E-state index contributed by atoms with van der Waals surface area (Å²) in [5.41, 5.74) is -0.937. The molecule has 4 rings (SSSR count). The van der Waals surface area contributed by atoms with Crippen molar-refractivity contribution in [1.82, 2.24) is 0 Å². The molecule has 2 aromatic carbocycles. The molecule has 0 amide bonds. The highest BCUT2D eigenvalue weighted by Gasteiger charge is 2.38. The molecule has 37 heavy (non-hydrogen) atoms. The molecule has 2 unspecified atom stereocenters. The third-order valence-corrected chi connectivity index (χ3v) is 8.38. The van der Waals surface area contributed by atoms with Crippen LogP contribution in [0.2, 0.25) is 0 Å². The van der Waals surface area contributed by atoms with E-state index in [1.54, 1.807) is 12.1 Å². The van der Waals surface area contributed by atoms with E-state index in [0.717, 1.165) is 31.3 Å². The van der Waals surface area contributed by atoms with Crippen molar-refractivity contribution < 1.29 is 27.0 Å². The van der Waals surface area contributed by atoms with Crippen LogP contribution in [-0.4, -0.2) is 19.3 Å². The third kappa shape index (κ3) is 7.07. The number of benzene rings is 2. The molecular weight excluding hydrogens is 480 g/mol. The Bertz CT molecular complexity index is 986. The second-order valence-electron chi connectivity index (χ2n) is 10.8. The molecule has 1 heterocycles. The van der Waals surface area contributed by atoms with Crippen molar-refractivity contribution >= 4 is 0 Å². The monoisotopic (exact) mass is 520 g/mol. The van der Waals surface area contributed by atoms with Crippen LogP contribution in [0.15, 0.2) is 36.4 Å². The fourth-order valence-electron chi connectivity index (χ4n) is 6.33. The van der Waals surface area contributed by atoms with Gasteiger partial charge in [0.2, 0.25) is 0 Å². The number of ether oxygens (including phenoxy) is 2. The Morgan fingerprint density at radius 1 is 0.865 bits per heavy atom. The molecule has 204 valence electrons. The van der Waals surface area contributed by atoms with Crippen LogP contribution in [0.25, 0.3) is 11.1 Å². The van der Waals surface area contributed by atoms with Gasteiger partial charge in [-0.15, -0.1) is 0 Å². The molecule has 2 aromatic rings. The summed E-state index contributed by atoms with van der Waals surface area (Å²) in [5, 5.41) is 0. The number of alkyl halides is 3. The molecule has 1 saturated heterocycles. The molecule has 1 aliphatic heterocycles. The van der Waals surface area contributed by atoms with Crippen molar-refractivity contribution in [3.63, 3.8) is 0 Å². The summed E-state index contributed by atoms with van der Waals surface area (Å²) in [7, 11) is 0. The summed E-state index contributed by atoms with van der Waals surface area (Å²) >= 11 is 0. The Morgan fingerprint density at radius 3 is 2.16 bits per heavy atom. The molecule has 0 bridgehead atoms. The van der Waals surface area contributed by atoms with Crippen LogP contribution < -0.4 is 4.74 Å². The molecule has 2 atom stereocenters. The van der Waals surface area contributed by atoms with Gasteiger partial charge >= 0.3 is 6.18 Å². The first-order valence-corrected chi connectivity index (χ1v) is 14.0. The molecule has 2 nitrogen and oxygen atoms in total. The fraction of sp³-hybridized carbons (Fsp3) is 0.613. The highest BCUT2D eigenvalue weighted by atomic mass is 19.4. The lowest BCUT2D eigenvalue weighted by molar-refractivity contribution is -0.139. The highest BCUT2D eigenvalue weighted by molar-refractivity contribution is 5.69. The molecule has 0 N–H and O–H groups in total. The van der Waals surface area contributed by atoms with Crippen molar-refractivity contribution in [2.45, 2.75) is 90.3 Å². The summed E-state index contributed by atoms with van der Waals surface area (Å²) < 4.78 is 68.7. The van der Waals surface area contributed by atoms with E-state index in [2.05, 4.69) is 6.92 Å². The smallest absolute Gasteiger partial charge is 0.419 e. The second kappa shape index (κ2) is 12.6. The zero-order valence-electron chi connectivity index (χ0n) is 22.1. The van der Waals surface area contributed by atoms with Crippen LogP contribution in [0, 0.1) is 23.6 Å². The van der Waals surface area contributed by atoms with Crippen LogP contribution in [0.4, 0.5) is 17.6 Å². The minimum atomic E-state index is -4.79. The summed E-state index contributed by atoms with van der Waals surface area (Å²) in [6, 6.07) is 9.18. The minimum absolute atomic E-state index is 0.0211. The fourth-order valence-corrected chi connectivity index (χ4v) is 6.33. The van der Waals surface area contributed by atoms with Crippen molar-refractivity contribution in [3.05, 3.63) is 53.3 Å². The first-order valence-electron chi connectivity index (χ1n) is 14.0. The maximum atomic E-state index is 15.3. The number of hydrogen-bond donors (Lipinski definition) is 0. The van der Waals surface area contributed by atoms with Gasteiger partial charge in [-0.1, -0.05) is 56.9 Å². The predicted octanol–water partition coefficient (Wildman–Crippen LogP) is 9.24. The predicted molar refractivity (Wildman–Crippen MR) is 139 cm³/mol. The Labute approximate surface area is 218 Å². The van der Waals surface area contributed by atoms with Gasteiger partial charge < -0.3 is 9.47 Å². The molecule has 2 aliphatic rings. The van der Waals surface area contributed by atoms with Crippen molar-refractivity contribution in [1.29, 1.82) is 0 Å². The van der Waals surface area contributed by atoms with E-state index in [1.807, 2.05) is 6.92 Å². The molecule has 6 heteroatoms. The molecule has 1 saturated carbocycles. The van der Waals surface area contributed by atoms with Crippen LogP contribution in [-0.2, 0) is 17.3 Å². The zero-order valence-corrected chi connectivity index (χ0v) is 22.1. The Hall–Kier alpha value is -2.08. The summed E-state index contributed by atoms with van der Waals surface area (Å²) in [6.45, 7) is 5.27. The van der Waals surface area contributed by atoms with Crippen LogP contribution in [0.3, 0.4) is 0 Å². The standard InChI is InChI=1S/C31H40F4O2/c1-3-5-21-6-8-22(9-7-21)25-13-18-27(37-20-25)17-12-24-14-19-28(29(30(24)32)31(33,34)35)23-10-15-26(16-11-23)36-4-2/h10-11,14-16,19,21-22,25,27H,3-9,12-13,17-18,20H2,1-2H3. The Balaban J connectivity index is 1.37. The second-order valence-corrected chi connectivity index (χ2v) is 10.8. The molecule has 0 radical (unpaired) electrons. The van der Waals surface area contributed by atoms with Crippen LogP contribution >= 0.6 is 0 Å². The normalized spacial score (nSPS) is 24.7. The van der Waals surface area contributed by atoms with Crippen molar-refractivity contribution in [2.24, 2.45) is 17.8 Å². The summed E-state index contributed by atoms with van der Waals surface area (Å²) in [4.78, 5) is 0. The van der Waals surface area contributed by atoms with Gasteiger partial charge in [-0.2, -0.15) is 13.2 Å². The van der Waals surface area contributed by atoms with Gasteiger partial charge in [-0.25, -0.2) is 4.39 Å². The zero-order chi connectivity index (χ0) is 26.4. The molecule has 0 aromatic heterocycles. The third-order valence-electron chi connectivity index (χ3n) is 8.38. The van der Waals surface area contributed by atoms with Crippen molar-refractivity contribution in [2.75, 3.05) is 13.2 Å². The van der Waals surface area contributed by atoms with Gasteiger partial charge in [-0.3, -0.25) is 0 Å². The van der Waals surface area contributed by atoms with E-state index in [-0.39, 0.29) is 23.7 Å². The number of rotatable bonds is 9. The topological polar surface area (TPSA) is 18.5 Å². The summed E-state index contributed by atoms with van der Waals surface area (Å²) in [6.07, 6.45) is 5.78. The van der Waals surface area contributed by atoms with Crippen LogP contribution in [0.5, 0.6) is 5.75 Å². The van der Waals surface area contributed by atoms with Gasteiger partial charge in [0.25, 0.3) is 0 Å². The van der Waals surface area contributed by atoms with Gasteiger partial charge in [0.05, 0.1) is 24.9 Å². The molecule has 2 fully saturated rings. The lowest BCUT2D eigenvalue weighted by Crippen LogP contribution is -2.32. The summed E-state index contributed by atoms with van der Waals surface area (Å²) in [5.74, 6) is 1.60. The molecule has 0 spiro atoms. The van der Waals surface area contributed by atoms with Gasteiger partial charge in [0.15, 0.2) is 0 Å². The molecule has 1 aliphatic carbocycles. The van der Waals surface area contributed by atoms with E-state index in [4.69, 9.17) is 9.47 Å². The van der Waals surface area contributed by atoms with Gasteiger partial charge in [0.1, 0.15) is 11.6 Å². The minimum Gasteiger partial charge on any atom is -0.494 e. The number of halogens is 4. The number of hydrogen-bond acceptors (Lipinski definition) is 2. The lowest BCUT2D eigenvalue weighted by atomic mass is 9.73. The number of aryl methyl sites for hydroxylation is 1. The Morgan fingerprint density at radius 2 is 1.57 bits per heavy atom. The maximum absolute atomic E-state index is 15.3. The average molecular weight is 521 g/mol. The largest absolute Gasteiger partial charge is 0.494 e. The first-order chi connectivity index (χ1) is 17.8. The van der Waals surface area contributed by atoms with Gasteiger partial charge in [0, 0.05) is 0 Å². The van der Waals surface area contributed by atoms with E-state index < -0.39 is 17.6 Å². The van der Waals surface area contributed by atoms with E-state index in [1.165, 1.54) is 62.8 Å².